The monoisotopic (exact) mass is 384 g/mol. The molecule has 152 valence electrons. The maximum absolute atomic E-state index is 12.7. The second-order valence-corrected chi connectivity index (χ2v) is 9.74. The van der Waals surface area contributed by atoms with Gasteiger partial charge in [-0.3, -0.25) is 9.69 Å². The van der Waals surface area contributed by atoms with Crippen molar-refractivity contribution in [2.45, 2.75) is 50.7 Å². The molecule has 2 atom stereocenters. The molecule has 1 aromatic heterocycles. The third-order valence-electron chi connectivity index (χ3n) is 7.53. The number of anilines is 1. The first kappa shape index (κ1) is 18.4. The second-order valence-electron chi connectivity index (χ2n) is 9.74. The highest BCUT2D eigenvalue weighted by Gasteiger charge is 2.55. The summed E-state index contributed by atoms with van der Waals surface area (Å²) in [6.45, 7) is 6.14. The minimum atomic E-state index is -0.432. The van der Waals surface area contributed by atoms with Gasteiger partial charge in [0.2, 0.25) is 5.91 Å². The zero-order valence-corrected chi connectivity index (χ0v) is 16.8. The number of aliphatic hydroxyl groups is 1. The predicted molar refractivity (Wildman–Crippen MR) is 108 cm³/mol. The van der Waals surface area contributed by atoms with Crippen LogP contribution in [0.4, 0.5) is 5.82 Å². The van der Waals surface area contributed by atoms with E-state index in [4.69, 9.17) is 0 Å². The van der Waals surface area contributed by atoms with Gasteiger partial charge in [-0.15, -0.1) is 0 Å². The molecule has 0 radical (unpaired) electrons. The number of rotatable bonds is 4. The Hall–Kier alpha value is -1.66. The maximum atomic E-state index is 12.7. The van der Waals surface area contributed by atoms with Gasteiger partial charge in [0.05, 0.1) is 12.1 Å². The largest absolute Gasteiger partial charge is 0.390 e. The number of carbonyl (C=O) groups is 1. The minimum absolute atomic E-state index is 0.159. The number of aromatic nitrogens is 1. The number of amides is 1. The van der Waals surface area contributed by atoms with Crippen LogP contribution >= 0.6 is 0 Å². The zero-order valence-electron chi connectivity index (χ0n) is 16.8. The molecular weight excluding hydrogens is 352 g/mol. The van der Waals surface area contributed by atoms with Crippen LogP contribution in [0.5, 0.6) is 0 Å². The van der Waals surface area contributed by atoms with E-state index in [-0.39, 0.29) is 11.9 Å². The molecule has 1 saturated heterocycles. The van der Waals surface area contributed by atoms with E-state index in [0.717, 1.165) is 51.3 Å². The number of carbonyl (C=O) groups excluding carboxylic acids is 1. The van der Waals surface area contributed by atoms with E-state index in [1.165, 1.54) is 18.4 Å². The third-order valence-corrected chi connectivity index (χ3v) is 7.53. The summed E-state index contributed by atoms with van der Waals surface area (Å²) >= 11 is 0. The summed E-state index contributed by atoms with van der Waals surface area (Å²) in [7, 11) is 0. The lowest BCUT2D eigenvalue weighted by Crippen LogP contribution is -2.62. The van der Waals surface area contributed by atoms with Crippen molar-refractivity contribution in [3.63, 3.8) is 0 Å². The van der Waals surface area contributed by atoms with Crippen molar-refractivity contribution >= 4 is 11.7 Å². The first-order valence-corrected chi connectivity index (χ1v) is 10.9. The molecule has 0 spiro atoms. The van der Waals surface area contributed by atoms with E-state index >= 15 is 0 Å². The van der Waals surface area contributed by atoms with Crippen LogP contribution in [0.25, 0.3) is 0 Å². The fourth-order valence-electron chi connectivity index (χ4n) is 6.43. The van der Waals surface area contributed by atoms with Crippen molar-refractivity contribution < 1.29 is 9.90 Å². The van der Waals surface area contributed by atoms with Crippen LogP contribution in [-0.4, -0.2) is 65.3 Å². The van der Waals surface area contributed by atoms with Crippen LogP contribution in [0.2, 0.25) is 0 Å². The summed E-state index contributed by atoms with van der Waals surface area (Å²) < 4.78 is 0. The molecule has 2 heterocycles. The van der Waals surface area contributed by atoms with Crippen molar-refractivity contribution in [3.8, 4) is 0 Å². The highest BCUT2D eigenvalue weighted by atomic mass is 16.3. The van der Waals surface area contributed by atoms with Crippen LogP contribution in [0, 0.1) is 24.7 Å². The molecule has 4 aliphatic carbocycles. The van der Waals surface area contributed by atoms with Gasteiger partial charge in [-0.05, 0) is 68.4 Å². The molecule has 6 rings (SSSR count). The van der Waals surface area contributed by atoms with Gasteiger partial charge in [-0.2, -0.15) is 0 Å². The molecule has 0 aromatic carbocycles. The zero-order chi connectivity index (χ0) is 19.3. The topological polar surface area (TPSA) is 68.7 Å². The fraction of sp³-hybridized carbons (Fsp3) is 0.727. The summed E-state index contributed by atoms with van der Waals surface area (Å²) in [6.07, 6.45) is 7.04. The molecule has 5 aliphatic rings. The summed E-state index contributed by atoms with van der Waals surface area (Å²) in [6, 6.07) is 4.46. The van der Waals surface area contributed by atoms with Crippen molar-refractivity contribution in [1.82, 2.24) is 15.2 Å². The molecule has 1 aliphatic heterocycles. The Morgan fingerprint density at radius 3 is 2.50 bits per heavy atom. The molecule has 6 nitrogen and oxygen atoms in total. The molecule has 28 heavy (non-hydrogen) atoms. The van der Waals surface area contributed by atoms with Gasteiger partial charge in [-0.1, -0.05) is 6.07 Å². The normalized spacial score (nSPS) is 37.3. The number of hydrogen-bond acceptors (Lipinski definition) is 5. The second kappa shape index (κ2) is 6.99. The minimum Gasteiger partial charge on any atom is -0.390 e. The summed E-state index contributed by atoms with van der Waals surface area (Å²) in [5.74, 6) is 2.82. The molecule has 4 bridgehead atoms. The van der Waals surface area contributed by atoms with E-state index in [1.54, 1.807) is 0 Å². The fourth-order valence-corrected chi connectivity index (χ4v) is 6.43. The van der Waals surface area contributed by atoms with Gasteiger partial charge in [-0.25, -0.2) is 4.98 Å². The summed E-state index contributed by atoms with van der Waals surface area (Å²) in [5, 5.41) is 14.1. The van der Waals surface area contributed by atoms with Gasteiger partial charge >= 0.3 is 0 Å². The smallest absolute Gasteiger partial charge is 0.234 e. The Morgan fingerprint density at radius 2 is 1.89 bits per heavy atom. The highest BCUT2D eigenvalue weighted by molar-refractivity contribution is 5.78. The lowest BCUT2D eigenvalue weighted by atomic mass is 9.52. The van der Waals surface area contributed by atoms with Crippen molar-refractivity contribution in [3.05, 3.63) is 23.9 Å². The first-order chi connectivity index (χ1) is 13.5. The average Bonchev–Trinajstić information content (AvgIpc) is 2.65. The van der Waals surface area contributed by atoms with E-state index in [9.17, 15) is 9.90 Å². The standard InChI is InChI=1S/C22H32N4O2/c1-15-2-3-19(23-13-15)26-6-4-25(5-7-26)14-20(27)24-21-17-8-16-9-18(21)12-22(28,10-16)11-17/h2-3,13,16-18,21,28H,4-12,14H2,1H3,(H,24,27)/t16?,17?,18?,21-,22+. The predicted octanol–water partition coefficient (Wildman–Crippen LogP) is 1.57. The molecule has 1 amide bonds. The van der Waals surface area contributed by atoms with Crippen molar-refractivity contribution in [2.24, 2.45) is 17.8 Å². The van der Waals surface area contributed by atoms with Crippen LogP contribution in [0.1, 0.15) is 37.7 Å². The maximum Gasteiger partial charge on any atom is 0.234 e. The highest BCUT2D eigenvalue weighted by Crippen LogP contribution is 2.55. The van der Waals surface area contributed by atoms with Crippen LogP contribution < -0.4 is 10.2 Å². The van der Waals surface area contributed by atoms with Crippen LogP contribution in [0.3, 0.4) is 0 Å². The Bertz CT molecular complexity index is 713. The molecule has 1 aromatic rings. The Kier molecular flexibility index (Phi) is 4.59. The van der Waals surface area contributed by atoms with E-state index in [0.29, 0.717) is 24.3 Å². The van der Waals surface area contributed by atoms with Crippen LogP contribution in [-0.2, 0) is 4.79 Å². The first-order valence-electron chi connectivity index (χ1n) is 10.9. The Morgan fingerprint density at radius 1 is 1.18 bits per heavy atom. The van der Waals surface area contributed by atoms with Crippen molar-refractivity contribution in [2.75, 3.05) is 37.6 Å². The number of aryl methyl sites for hydroxylation is 1. The van der Waals surface area contributed by atoms with Gasteiger partial charge in [0.15, 0.2) is 0 Å². The molecule has 6 heteroatoms. The SMILES string of the molecule is Cc1ccc(N2CCN(CC(=O)N[C@H]3C4CC5CC3C[C@@](O)(C5)C4)CC2)nc1. The van der Waals surface area contributed by atoms with Gasteiger partial charge in [0.25, 0.3) is 0 Å². The Balaban J connectivity index is 1.12. The molecule has 5 fully saturated rings. The van der Waals surface area contributed by atoms with E-state index in [2.05, 4.69) is 39.2 Å². The average molecular weight is 385 g/mol. The number of piperazine rings is 1. The van der Waals surface area contributed by atoms with E-state index in [1.807, 2.05) is 6.20 Å². The number of nitrogens with zero attached hydrogens (tertiary/aromatic N) is 3. The van der Waals surface area contributed by atoms with Gasteiger partial charge in [0, 0.05) is 38.4 Å². The van der Waals surface area contributed by atoms with Gasteiger partial charge < -0.3 is 15.3 Å². The number of pyridine rings is 1. The third kappa shape index (κ3) is 3.52. The Labute approximate surface area is 167 Å². The van der Waals surface area contributed by atoms with E-state index < -0.39 is 5.60 Å². The molecule has 2 unspecified atom stereocenters. The summed E-state index contributed by atoms with van der Waals surface area (Å²) in [5.41, 5.74) is 0.744. The molecular formula is C22H32N4O2. The quantitative estimate of drug-likeness (QED) is 0.825. The lowest BCUT2D eigenvalue weighted by Gasteiger charge is -2.58. The molecule has 2 N–H and O–H groups in total. The van der Waals surface area contributed by atoms with Gasteiger partial charge in [0.1, 0.15) is 5.82 Å². The lowest BCUT2D eigenvalue weighted by molar-refractivity contribution is -0.147. The van der Waals surface area contributed by atoms with Crippen molar-refractivity contribution in [1.29, 1.82) is 0 Å². The summed E-state index contributed by atoms with van der Waals surface area (Å²) in [4.78, 5) is 21.8. The number of hydrogen-bond donors (Lipinski definition) is 2. The number of nitrogens with one attached hydrogen (secondary N) is 1. The van der Waals surface area contributed by atoms with Crippen LogP contribution in [0.15, 0.2) is 18.3 Å². The molecule has 4 saturated carbocycles.